The van der Waals surface area contributed by atoms with Gasteiger partial charge >= 0.3 is 5.97 Å². The lowest BCUT2D eigenvalue weighted by atomic mass is 9.84. The summed E-state index contributed by atoms with van der Waals surface area (Å²) in [5, 5.41) is 10.3. The number of esters is 1. The maximum atomic E-state index is 12.4. The fraction of sp³-hybridized carbons (Fsp3) is 0.458. The van der Waals surface area contributed by atoms with Crippen molar-refractivity contribution < 1.29 is 23.3 Å². The molecule has 2 rings (SSSR count). The molecule has 3 unspecified atom stereocenters. The average Bonchev–Trinajstić information content (AvgIpc) is 2.81. The van der Waals surface area contributed by atoms with Crippen LogP contribution in [0.25, 0.3) is 20.5 Å². The lowest BCUT2D eigenvalue weighted by molar-refractivity contribution is -0.148. The number of hydrogen-bond donors (Lipinski definition) is 1. The van der Waals surface area contributed by atoms with Gasteiger partial charge in [-0.05, 0) is 47.1 Å². The van der Waals surface area contributed by atoms with E-state index in [1.807, 2.05) is 26.8 Å². The minimum atomic E-state index is -3.39. The Kier molecular flexibility index (Phi) is 9.75. The molecule has 0 saturated heterocycles. The van der Waals surface area contributed by atoms with Crippen molar-refractivity contribution >= 4 is 48.1 Å². The zero-order valence-electron chi connectivity index (χ0n) is 19.0. The van der Waals surface area contributed by atoms with Gasteiger partial charge in [-0.1, -0.05) is 51.5 Å². The Morgan fingerprint density at radius 3 is 2.36 bits per heavy atom. The van der Waals surface area contributed by atoms with Crippen LogP contribution in [0, 0.1) is 19.1 Å². The molecule has 0 aliphatic carbocycles. The zero-order chi connectivity index (χ0) is 24.6. The molecule has 0 saturated carbocycles. The molecule has 0 bridgehead atoms. The first-order chi connectivity index (χ1) is 15.7. The molecule has 0 radical (unpaired) electrons. The van der Waals surface area contributed by atoms with E-state index in [0.29, 0.717) is 24.0 Å². The fourth-order valence-electron chi connectivity index (χ4n) is 3.82. The van der Waals surface area contributed by atoms with Crippen molar-refractivity contribution in [1.82, 2.24) is 0 Å². The summed E-state index contributed by atoms with van der Waals surface area (Å²) in [5.74, 6) is -0.763. The van der Waals surface area contributed by atoms with Crippen molar-refractivity contribution in [2.45, 2.75) is 58.1 Å². The lowest BCUT2D eigenvalue weighted by Gasteiger charge is -2.22. The van der Waals surface area contributed by atoms with Gasteiger partial charge in [-0.25, -0.2) is 9.47 Å². The van der Waals surface area contributed by atoms with Gasteiger partial charge in [0.25, 0.3) is 0 Å². The molecule has 2 aromatic rings. The molecule has 0 spiro atoms. The normalized spacial score (nSPS) is 14.6. The molecule has 7 nitrogen and oxygen atoms in total. The van der Waals surface area contributed by atoms with Crippen molar-refractivity contribution in [2.24, 2.45) is 5.92 Å². The maximum Gasteiger partial charge on any atom is 0.308 e. The second-order valence-corrected chi connectivity index (χ2v) is 11.0. The predicted octanol–water partition coefficient (Wildman–Crippen LogP) is 6.46. The third-order valence-corrected chi connectivity index (χ3v) is 7.07. The maximum absolute atomic E-state index is 12.4. The Bertz CT molecular complexity index is 1200. The van der Waals surface area contributed by atoms with Crippen molar-refractivity contribution in [3.05, 3.63) is 58.2 Å². The molecular formula is C24H28N2O5S2. The quantitative estimate of drug-likeness (QED) is 0.129. The second-order valence-electron chi connectivity index (χ2n) is 7.96. The summed E-state index contributed by atoms with van der Waals surface area (Å²) in [5.41, 5.74) is 1.87. The van der Waals surface area contributed by atoms with Gasteiger partial charge in [0.15, 0.2) is 20.1 Å². The third kappa shape index (κ3) is 6.72. The van der Waals surface area contributed by atoms with Crippen LogP contribution in [-0.4, -0.2) is 22.0 Å². The SMILES string of the molecule is [C-]#[N+]c1cc2c(CS(=O)(=S)OO)ccc(C(CC)CC(C)C(=O)OCCCC)c2cc1[N+]#[C-]. The van der Waals surface area contributed by atoms with Gasteiger partial charge < -0.3 is 4.74 Å². The highest BCUT2D eigenvalue weighted by atomic mass is 32.8. The molecule has 33 heavy (non-hydrogen) atoms. The summed E-state index contributed by atoms with van der Waals surface area (Å²) in [6.45, 7) is 21.2. The van der Waals surface area contributed by atoms with E-state index in [1.54, 1.807) is 18.2 Å². The summed E-state index contributed by atoms with van der Waals surface area (Å²) in [7, 11) is -3.39. The first-order valence-electron chi connectivity index (χ1n) is 10.8. The highest BCUT2D eigenvalue weighted by molar-refractivity contribution is 8.29. The van der Waals surface area contributed by atoms with Crippen LogP contribution in [0.15, 0.2) is 24.3 Å². The number of hydrogen-bond acceptors (Lipinski definition) is 6. The molecule has 0 heterocycles. The Labute approximate surface area is 200 Å². The molecule has 9 heteroatoms. The first kappa shape index (κ1) is 26.7. The number of carbonyl (C=O) groups is 1. The molecule has 0 fully saturated rings. The smallest absolute Gasteiger partial charge is 0.308 e. The van der Waals surface area contributed by atoms with Gasteiger partial charge in [0.2, 0.25) is 0 Å². The molecule has 1 N–H and O–H groups in total. The third-order valence-electron chi connectivity index (χ3n) is 5.64. The number of fused-ring (bicyclic) bond motifs is 1. The van der Waals surface area contributed by atoms with Crippen molar-refractivity contribution in [2.75, 3.05) is 6.61 Å². The fourth-order valence-corrected chi connectivity index (χ4v) is 4.89. The van der Waals surface area contributed by atoms with E-state index in [4.69, 9.17) is 34.3 Å². The summed E-state index contributed by atoms with van der Waals surface area (Å²) in [6.07, 6.45) is 3.08. The van der Waals surface area contributed by atoms with Crippen LogP contribution in [0.2, 0.25) is 0 Å². The number of carbonyl (C=O) groups excluding carboxylic acids is 1. The molecule has 0 amide bonds. The van der Waals surface area contributed by atoms with E-state index >= 15 is 0 Å². The first-order valence-corrected chi connectivity index (χ1v) is 13.4. The number of benzene rings is 2. The van der Waals surface area contributed by atoms with Gasteiger partial charge in [0.1, 0.15) is 0 Å². The summed E-state index contributed by atoms with van der Waals surface area (Å²) in [6, 6.07) is 6.87. The van der Waals surface area contributed by atoms with Crippen molar-refractivity contribution in [3.8, 4) is 0 Å². The number of unbranched alkanes of at least 4 members (excludes halogenated alkanes) is 1. The summed E-state index contributed by atoms with van der Waals surface area (Å²) < 4.78 is 21.6. The number of rotatable bonds is 11. The van der Waals surface area contributed by atoms with Crippen molar-refractivity contribution in [3.63, 3.8) is 0 Å². The standard InChI is InChI=1S/C24H28N2O5S2/c1-6-8-11-30-24(27)16(3)12-17(7-2)19-10-9-18(15-33(29,32)31-28)20-13-22(25-4)23(26-5)14-21(19)20/h9-10,13-14,16-17,28H,6-8,11-12,15H2,1-3H3. The molecular weight excluding hydrogens is 460 g/mol. The van der Waals surface area contributed by atoms with Crippen LogP contribution in [0.5, 0.6) is 0 Å². The number of ether oxygens (including phenoxy) is 1. The highest BCUT2D eigenvalue weighted by Gasteiger charge is 2.23. The Hall–Kier alpha value is -2.56. The van der Waals surface area contributed by atoms with E-state index in [9.17, 15) is 9.00 Å². The van der Waals surface area contributed by atoms with Crippen LogP contribution in [-0.2, 0) is 39.6 Å². The van der Waals surface area contributed by atoms with Gasteiger partial charge in [-0.15, -0.1) is 4.33 Å². The molecule has 0 aromatic heterocycles. The van der Waals surface area contributed by atoms with Gasteiger partial charge in [-0.3, -0.25) is 14.5 Å². The van der Waals surface area contributed by atoms with Crippen LogP contribution in [0.1, 0.15) is 63.5 Å². The lowest BCUT2D eigenvalue weighted by Crippen LogP contribution is -2.18. The highest BCUT2D eigenvalue weighted by Crippen LogP contribution is 2.40. The zero-order valence-corrected chi connectivity index (χ0v) is 20.6. The topological polar surface area (TPSA) is 81.6 Å². The molecule has 0 aliphatic rings. The minimum Gasteiger partial charge on any atom is -0.465 e. The summed E-state index contributed by atoms with van der Waals surface area (Å²) in [4.78, 5) is 19.4. The largest absolute Gasteiger partial charge is 0.465 e. The van der Waals surface area contributed by atoms with E-state index in [0.717, 1.165) is 30.2 Å². The Morgan fingerprint density at radius 2 is 1.82 bits per heavy atom. The van der Waals surface area contributed by atoms with Gasteiger partial charge in [0.05, 0.1) is 31.4 Å². The van der Waals surface area contributed by atoms with Crippen molar-refractivity contribution in [1.29, 1.82) is 0 Å². The van der Waals surface area contributed by atoms with E-state index in [1.165, 1.54) is 0 Å². The van der Waals surface area contributed by atoms with Crippen LogP contribution < -0.4 is 0 Å². The molecule has 2 aromatic carbocycles. The van der Waals surface area contributed by atoms with E-state index < -0.39 is 8.77 Å². The monoisotopic (exact) mass is 488 g/mol. The minimum absolute atomic E-state index is 0.00500. The number of nitrogens with zero attached hydrogens (tertiary/aromatic N) is 2. The van der Waals surface area contributed by atoms with E-state index in [-0.39, 0.29) is 34.9 Å². The molecule has 176 valence electrons. The van der Waals surface area contributed by atoms with E-state index in [2.05, 4.69) is 14.0 Å². The van der Waals surface area contributed by atoms with Gasteiger partial charge in [0, 0.05) is 11.2 Å². The van der Waals surface area contributed by atoms with Gasteiger partial charge in [-0.2, -0.15) is 0 Å². The average molecular weight is 489 g/mol. The van der Waals surface area contributed by atoms with Crippen LogP contribution >= 0.6 is 0 Å². The molecule has 3 atom stereocenters. The Balaban J connectivity index is 2.55. The second kappa shape index (κ2) is 12.1. The molecule has 0 aliphatic heterocycles. The predicted molar refractivity (Wildman–Crippen MR) is 132 cm³/mol. The Morgan fingerprint density at radius 1 is 1.18 bits per heavy atom. The van der Waals surface area contributed by atoms with Crippen LogP contribution in [0.3, 0.4) is 0 Å². The van der Waals surface area contributed by atoms with Crippen LogP contribution in [0.4, 0.5) is 11.4 Å². The summed E-state index contributed by atoms with van der Waals surface area (Å²) >= 11 is 4.83.